The molecule has 0 unspecified atom stereocenters. The maximum atomic E-state index is 13.2. The Morgan fingerprint density at radius 3 is 2.47 bits per heavy atom. The number of likely N-dealkylation sites (tertiary alicyclic amines) is 1. The number of aryl methyl sites for hydroxylation is 1. The highest BCUT2D eigenvalue weighted by Crippen LogP contribution is 2.32. The molecule has 0 atom stereocenters. The molecule has 0 bridgehead atoms. The molecule has 176 valence electrons. The van der Waals surface area contributed by atoms with E-state index in [2.05, 4.69) is 46.3 Å². The Bertz CT molecular complexity index is 1120. The molecule has 2 aliphatic heterocycles. The average molecular weight is 459 g/mol. The zero-order chi connectivity index (χ0) is 23.3. The van der Waals surface area contributed by atoms with Crippen LogP contribution in [0.3, 0.4) is 0 Å². The summed E-state index contributed by atoms with van der Waals surface area (Å²) in [7, 11) is 0. The van der Waals surface area contributed by atoms with Gasteiger partial charge in [-0.15, -0.1) is 0 Å². The minimum Gasteiger partial charge on any atom is -0.459 e. The van der Waals surface area contributed by atoms with E-state index in [0.717, 1.165) is 45.2 Å². The smallest absolute Gasteiger partial charge is 0.266 e. The number of anilines is 1. The summed E-state index contributed by atoms with van der Waals surface area (Å²) in [6.07, 6.45) is 7.57. The van der Waals surface area contributed by atoms with E-state index in [1.54, 1.807) is 18.4 Å². The number of amides is 1. The summed E-state index contributed by atoms with van der Waals surface area (Å²) in [5.74, 6) is 2.31. The zero-order valence-electron chi connectivity index (χ0n) is 19.4. The first-order chi connectivity index (χ1) is 16.7. The Morgan fingerprint density at radius 1 is 1.03 bits per heavy atom. The number of furan rings is 1. The predicted octanol–water partition coefficient (Wildman–Crippen LogP) is 4.89. The van der Waals surface area contributed by atoms with Crippen molar-refractivity contribution in [3.63, 3.8) is 0 Å². The number of nitrogens with zero attached hydrogens (tertiary/aromatic N) is 4. The van der Waals surface area contributed by atoms with Crippen LogP contribution in [0.25, 0.3) is 11.7 Å². The molecule has 4 heterocycles. The molecule has 1 aromatic carbocycles. The molecule has 2 fully saturated rings. The van der Waals surface area contributed by atoms with E-state index < -0.39 is 0 Å². The van der Waals surface area contributed by atoms with Crippen molar-refractivity contribution in [3.05, 3.63) is 60.0 Å². The van der Waals surface area contributed by atoms with E-state index >= 15 is 0 Å². The summed E-state index contributed by atoms with van der Waals surface area (Å²) < 4.78 is 11.2. The Morgan fingerprint density at radius 2 is 1.79 bits per heavy atom. The molecule has 7 nitrogen and oxygen atoms in total. The lowest BCUT2D eigenvalue weighted by atomic mass is 9.89. The van der Waals surface area contributed by atoms with Gasteiger partial charge in [0, 0.05) is 32.1 Å². The first-order valence-electron chi connectivity index (χ1n) is 12.2. The molecule has 2 aliphatic rings. The molecule has 5 rings (SSSR count). The van der Waals surface area contributed by atoms with E-state index in [4.69, 9.17) is 8.83 Å². The number of carbonyl (C=O) groups is 1. The summed E-state index contributed by atoms with van der Waals surface area (Å²) >= 11 is 0. The van der Waals surface area contributed by atoms with Gasteiger partial charge in [0.1, 0.15) is 6.07 Å². The van der Waals surface area contributed by atoms with Gasteiger partial charge in [-0.3, -0.25) is 4.79 Å². The van der Waals surface area contributed by atoms with Crippen LogP contribution in [0.4, 0.5) is 5.88 Å². The first kappa shape index (κ1) is 22.3. The quantitative estimate of drug-likeness (QED) is 0.522. The summed E-state index contributed by atoms with van der Waals surface area (Å²) in [5, 5.41) is 9.50. The van der Waals surface area contributed by atoms with Gasteiger partial charge in [0.2, 0.25) is 17.5 Å². The monoisotopic (exact) mass is 458 g/mol. The van der Waals surface area contributed by atoms with Gasteiger partial charge >= 0.3 is 0 Å². The SMILES string of the molecule is N#Cc1nc(-c2ccco2)oc1N1CCC(C(=O)N2CCC(CCc3ccccc3)CC2)CC1. The topological polar surface area (TPSA) is 86.5 Å². The summed E-state index contributed by atoms with van der Waals surface area (Å²) in [4.78, 5) is 21.5. The van der Waals surface area contributed by atoms with Crippen LogP contribution in [-0.2, 0) is 11.2 Å². The van der Waals surface area contributed by atoms with Gasteiger partial charge in [0.05, 0.1) is 6.26 Å². The highest BCUT2D eigenvalue weighted by atomic mass is 16.4. The Hall–Kier alpha value is -3.53. The molecule has 34 heavy (non-hydrogen) atoms. The maximum absolute atomic E-state index is 13.2. The number of rotatable bonds is 6. The first-order valence-corrected chi connectivity index (χ1v) is 12.2. The van der Waals surface area contributed by atoms with Crippen LogP contribution in [0.15, 0.2) is 57.6 Å². The molecule has 1 amide bonds. The minimum atomic E-state index is 0.0371. The molecule has 0 saturated carbocycles. The normalized spacial score (nSPS) is 17.6. The van der Waals surface area contributed by atoms with E-state index in [9.17, 15) is 10.1 Å². The zero-order valence-corrected chi connectivity index (χ0v) is 19.4. The number of aromatic nitrogens is 1. The van der Waals surface area contributed by atoms with Crippen LogP contribution >= 0.6 is 0 Å². The van der Waals surface area contributed by atoms with Gasteiger partial charge in [-0.1, -0.05) is 30.3 Å². The number of hydrogen-bond acceptors (Lipinski definition) is 6. The van der Waals surface area contributed by atoms with Crippen LogP contribution in [0.5, 0.6) is 0 Å². The number of hydrogen-bond donors (Lipinski definition) is 0. The maximum Gasteiger partial charge on any atom is 0.266 e. The lowest BCUT2D eigenvalue weighted by Gasteiger charge is -2.37. The minimum absolute atomic E-state index is 0.0371. The summed E-state index contributed by atoms with van der Waals surface area (Å²) in [5.41, 5.74) is 1.66. The third-order valence-corrected chi connectivity index (χ3v) is 7.19. The summed E-state index contributed by atoms with van der Waals surface area (Å²) in [6.45, 7) is 3.08. The molecule has 7 heteroatoms. The van der Waals surface area contributed by atoms with Gasteiger partial charge < -0.3 is 18.6 Å². The molecule has 0 aliphatic carbocycles. The van der Waals surface area contributed by atoms with Crippen molar-refractivity contribution in [3.8, 4) is 17.7 Å². The Labute approximate surface area is 200 Å². The standard InChI is InChI=1S/C27H30N4O3/c28-19-23-27(34-25(29-23)24-7-4-18-33-24)31-16-12-22(13-17-31)26(32)30-14-10-21(11-15-30)9-8-20-5-2-1-3-6-20/h1-7,18,21-22H,8-17H2. The number of carbonyl (C=O) groups excluding carboxylic acids is 1. The lowest BCUT2D eigenvalue weighted by molar-refractivity contribution is -0.137. The van der Waals surface area contributed by atoms with Crippen molar-refractivity contribution in [1.29, 1.82) is 5.26 Å². The largest absolute Gasteiger partial charge is 0.459 e. The molecule has 3 aromatic rings. The highest BCUT2D eigenvalue weighted by Gasteiger charge is 2.33. The van der Waals surface area contributed by atoms with Gasteiger partial charge in [-0.2, -0.15) is 10.2 Å². The van der Waals surface area contributed by atoms with E-state index in [1.807, 2.05) is 4.90 Å². The van der Waals surface area contributed by atoms with Crippen molar-refractivity contribution in [2.75, 3.05) is 31.1 Å². The molecule has 2 aromatic heterocycles. The van der Waals surface area contributed by atoms with Crippen molar-refractivity contribution in [2.24, 2.45) is 11.8 Å². The van der Waals surface area contributed by atoms with Gasteiger partial charge in [0.15, 0.2) is 5.76 Å². The fourth-order valence-electron chi connectivity index (χ4n) is 5.15. The predicted molar refractivity (Wildman–Crippen MR) is 128 cm³/mol. The molecule has 0 radical (unpaired) electrons. The van der Waals surface area contributed by atoms with E-state index in [0.29, 0.717) is 36.5 Å². The third kappa shape index (κ3) is 4.86. The van der Waals surface area contributed by atoms with Crippen molar-refractivity contribution in [1.82, 2.24) is 9.88 Å². The number of oxazole rings is 1. The average Bonchev–Trinajstić information content (AvgIpc) is 3.58. The molecular formula is C27H30N4O3. The molecular weight excluding hydrogens is 428 g/mol. The van der Waals surface area contributed by atoms with Crippen LogP contribution in [0, 0.1) is 23.2 Å². The highest BCUT2D eigenvalue weighted by molar-refractivity contribution is 5.79. The van der Waals surface area contributed by atoms with Gasteiger partial charge in [0.25, 0.3) is 5.89 Å². The van der Waals surface area contributed by atoms with Crippen LogP contribution < -0.4 is 4.90 Å². The number of piperidine rings is 2. The van der Waals surface area contributed by atoms with E-state index in [-0.39, 0.29) is 17.5 Å². The number of nitriles is 1. The summed E-state index contributed by atoms with van der Waals surface area (Å²) in [6, 6.07) is 16.3. The van der Waals surface area contributed by atoms with Gasteiger partial charge in [-0.05, 0) is 62.1 Å². The van der Waals surface area contributed by atoms with Crippen molar-refractivity contribution < 1.29 is 13.6 Å². The van der Waals surface area contributed by atoms with Crippen LogP contribution in [-0.4, -0.2) is 42.0 Å². The van der Waals surface area contributed by atoms with Crippen LogP contribution in [0.2, 0.25) is 0 Å². The second kappa shape index (κ2) is 10.2. The molecule has 0 spiro atoms. The van der Waals surface area contributed by atoms with E-state index in [1.165, 1.54) is 12.0 Å². The Kier molecular flexibility index (Phi) is 6.66. The molecule has 2 saturated heterocycles. The Balaban J connectivity index is 1.11. The second-order valence-corrected chi connectivity index (χ2v) is 9.32. The fraction of sp³-hybridized carbons (Fsp3) is 0.444. The lowest BCUT2D eigenvalue weighted by Crippen LogP contribution is -2.45. The molecule has 0 N–H and O–H groups in total. The number of benzene rings is 1. The fourth-order valence-corrected chi connectivity index (χ4v) is 5.15. The van der Waals surface area contributed by atoms with Crippen LogP contribution in [0.1, 0.15) is 43.4 Å². The second-order valence-electron chi connectivity index (χ2n) is 9.32. The third-order valence-electron chi connectivity index (χ3n) is 7.19. The van der Waals surface area contributed by atoms with Crippen molar-refractivity contribution in [2.45, 2.75) is 38.5 Å². The van der Waals surface area contributed by atoms with Gasteiger partial charge in [-0.25, -0.2) is 0 Å². The van der Waals surface area contributed by atoms with Crippen molar-refractivity contribution >= 4 is 11.8 Å².